The maximum Gasteiger partial charge on any atom is 0.352 e. The lowest BCUT2D eigenvalue weighted by molar-refractivity contribution is -0.132. The molecule has 0 unspecified atom stereocenters. The molecule has 1 amide bonds. The molecule has 130 valence electrons. The number of carboxylic acid groups (broad SMARTS) is 1. The second-order valence-electron chi connectivity index (χ2n) is 5.25. The molecule has 0 radical (unpaired) electrons. The Morgan fingerprint density at radius 3 is 2.50 bits per heavy atom. The SMILES string of the molecule is O=C(O)/C(=C\c1ccc(-c2ccccc2)o1)NC(=O)c1ccc(Cl)nc1. The normalized spacial score (nSPS) is 11.2. The van der Waals surface area contributed by atoms with Crippen LogP contribution in [0.1, 0.15) is 16.1 Å². The van der Waals surface area contributed by atoms with Crippen molar-refractivity contribution in [1.29, 1.82) is 0 Å². The van der Waals surface area contributed by atoms with Crippen molar-refractivity contribution in [3.05, 3.63) is 83.0 Å². The predicted octanol–water partition coefficient (Wildman–Crippen LogP) is 3.85. The quantitative estimate of drug-likeness (QED) is 0.527. The number of amides is 1. The molecule has 0 aliphatic rings. The van der Waals surface area contributed by atoms with Gasteiger partial charge in [0.15, 0.2) is 0 Å². The average molecular weight is 369 g/mol. The molecule has 1 aromatic carbocycles. The number of carbonyl (C=O) groups is 2. The van der Waals surface area contributed by atoms with E-state index >= 15 is 0 Å². The van der Waals surface area contributed by atoms with Gasteiger partial charge in [-0.2, -0.15) is 0 Å². The Hall–Kier alpha value is -3.38. The van der Waals surface area contributed by atoms with Crippen LogP contribution in [0.3, 0.4) is 0 Å². The second kappa shape index (κ2) is 7.67. The van der Waals surface area contributed by atoms with E-state index in [0.29, 0.717) is 11.5 Å². The number of halogens is 1. The Labute approximate surface area is 153 Å². The van der Waals surface area contributed by atoms with E-state index in [4.69, 9.17) is 16.0 Å². The fourth-order valence-electron chi connectivity index (χ4n) is 2.19. The number of aliphatic carboxylic acids is 1. The molecule has 0 bridgehead atoms. The van der Waals surface area contributed by atoms with Crippen LogP contribution >= 0.6 is 11.6 Å². The van der Waals surface area contributed by atoms with Crippen LogP contribution in [0.4, 0.5) is 0 Å². The van der Waals surface area contributed by atoms with Crippen molar-refractivity contribution in [2.45, 2.75) is 0 Å². The minimum Gasteiger partial charge on any atom is -0.477 e. The van der Waals surface area contributed by atoms with E-state index in [9.17, 15) is 14.7 Å². The molecular formula is C19H13ClN2O4. The Morgan fingerprint density at radius 1 is 1.08 bits per heavy atom. The van der Waals surface area contributed by atoms with Gasteiger partial charge in [0.05, 0.1) is 5.56 Å². The van der Waals surface area contributed by atoms with Crippen LogP contribution in [-0.4, -0.2) is 22.0 Å². The highest BCUT2D eigenvalue weighted by Gasteiger charge is 2.15. The first-order valence-electron chi connectivity index (χ1n) is 7.56. The van der Waals surface area contributed by atoms with Gasteiger partial charge in [-0.05, 0) is 24.3 Å². The third-order valence-electron chi connectivity index (χ3n) is 3.44. The highest BCUT2D eigenvalue weighted by atomic mass is 35.5. The minimum absolute atomic E-state index is 0.186. The lowest BCUT2D eigenvalue weighted by Crippen LogP contribution is -2.27. The number of benzene rings is 1. The lowest BCUT2D eigenvalue weighted by atomic mass is 10.2. The van der Waals surface area contributed by atoms with Gasteiger partial charge in [0, 0.05) is 17.8 Å². The van der Waals surface area contributed by atoms with E-state index < -0.39 is 11.9 Å². The summed E-state index contributed by atoms with van der Waals surface area (Å²) in [5, 5.41) is 11.9. The summed E-state index contributed by atoms with van der Waals surface area (Å²) in [4.78, 5) is 27.4. The van der Waals surface area contributed by atoms with Gasteiger partial charge in [0.2, 0.25) is 0 Å². The topological polar surface area (TPSA) is 92.4 Å². The Morgan fingerprint density at radius 2 is 1.85 bits per heavy atom. The van der Waals surface area contributed by atoms with Crippen molar-refractivity contribution in [1.82, 2.24) is 10.3 Å². The molecule has 3 aromatic rings. The third-order valence-corrected chi connectivity index (χ3v) is 3.66. The number of hydrogen-bond acceptors (Lipinski definition) is 4. The Balaban J connectivity index is 1.82. The van der Waals surface area contributed by atoms with E-state index in [1.807, 2.05) is 30.3 Å². The lowest BCUT2D eigenvalue weighted by Gasteiger charge is -2.05. The summed E-state index contributed by atoms with van der Waals surface area (Å²) in [6.07, 6.45) is 2.51. The van der Waals surface area contributed by atoms with E-state index in [1.54, 1.807) is 12.1 Å². The molecule has 0 aliphatic heterocycles. The number of carboxylic acids is 1. The first kappa shape index (κ1) is 17.4. The first-order valence-corrected chi connectivity index (χ1v) is 7.94. The molecule has 0 aliphatic carbocycles. The van der Waals surface area contributed by atoms with Crippen molar-refractivity contribution < 1.29 is 19.1 Å². The highest BCUT2D eigenvalue weighted by molar-refractivity contribution is 6.29. The van der Waals surface area contributed by atoms with Crippen molar-refractivity contribution in [2.75, 3.05) is 0 Å². The Kier molecular flexibility index (Phi) is 5.15. The average Bonchev–Trinajstić information content (AvgIpc) is 3.11. The molecule has 2 heterocycles. The number of aromatic nitrogens is 1. The van der Waals surface area contributed by atoms with Gasteiger partial charge < -0.3 is 14.8 Å². The Bertz CT molecular complexity index is 963. The summed E-state index contributed by atoms with van der Waals surface area (Å²) < 4.78 is 5.63. The largest absolute Gasteiger partial charge is 0.477 e. The maximum absolute atomic E-state index is 12.2. The van der Waals surface area contributed by atoms with E-state index in [0.717, 1.165) is 5.56 Å². The fraction of sp³-hybridized carbons (Fsp3) is 0. The molecule has 2 N–H and O–H groups in total. The van der Waals surface area contributed by atoms with E-state index in [1.165, 1.54) is 24.4 Å². The first-order chi connectivity index (χ1) is 12.5. The van der Waals surface area contributed by atoms with Crippen LogP contribution in [-0.2, 0) is 4.79 Å². The van der Waals surface area contributed by atoms with Crippen molar-refractivity contribution >= 4 is 29.6 Å². The number of pyridine rings is 1. The highest BCUT2D eigenvalue weighted by Crippen LogP contribution is 2.23. The molecule has 0 saturated heterocycles. The van der Waals surface area contributed by atoms with Gasteiger partial charge in [0.1, 0.15) is 22.4 Å². The van der Waals surface area contributed by atoms with Crippen LogP contribution in [0.2, 0.25) is 5.15 Å². The smallest absolute Gasteiger partial charge is 0.352 e. The molecule has 3 rings (SSSR count). The zero-order chi connectivity index (χ0) is 18.5. The van der Waals surface area contributed by atoms with Gasteiger partial charge in [0.25, 0.3) is 5.91 Å². The van der Waals surface area contributed by atoms with Gasteiger partial charge >= 0.3 is 5.97 Å². The summed E-state index contributed by atoms with van der Waals surface area (Å²) >= 11 is 5.67. The van der Waals surface area contributed by atoms with Crippen LogP contribution in [0.25, 0.3) is 17.4 Å². The number of nitrogens with one attached hydrogen (secondary N) is 1. The van der Waals surface area contributed by atoms with Crippen molar-refractivity contribution in [3.8, 4) is 11.3 Å². The van der Waals surface area contributed by atoms with Gasteiger partial charge in [-0.25, -0.2) is 9.78 Å². The summed E-state index contributed by atoms with van der Waals surface area (Å²) in [6, 6.07) is 15.6. The molecule has 26 heavy (non-hydrogen) atoms. The maximum atomic E-state index is 12.2. The van der Waals surface area contributed by atoms with Crippen molar-refractivity contribution in [3.63, 3.8) is 0 Å². The fourth-order valence-corrected chi connectivity index (χ4v) is 2.30. The predicted molar refractivity (Wildman–Crippen MR) is 96.5 cm³/mol. The molecule has 6 nitrogen and oxygen atoms in total. The van der Waals surface area contributed by atoms with Gasteiger partial charge in [-0.1, -0.05) is 41.9 Å². The van der Waals surface area contributed by atoms with E-state index in [-0.39, 0.29) is 16.4 Å². The molecule has 0 fully saturated rings. The summed E-state index contributed by atoms with van der Waals surface area (Å²) in [5.41, 5.74) is 0.727. The summed E-state index contributed by atoms with van der Waals surface area (Å²) in [7, 11) is 0. The summed E-state index contributed by atoms with van der Waals surface area (Å²) in [6.45, 7) is 0. The van der Waals surface area contributed by atoms with Gasteiger partial charge in [-0.3, -0.25) is 4.79 Å². The molecule has 2 aromatic heterocycles. The number of carbonyl (C=O) groups excluding carboxylic acids is 1. The monoisotopic (exact) mass is 368 g/mol. The van der Waals surface area contributed by atoms with E-state index in [2.05, 4.69) is 10.3 Å². The molecule has 0 atom stereocenters. The third kappa shape index (κ3) is 4.17. The van der Waals surface area contributed by atoms with Gasteiger partial charge in [-0.15, -0.1) is 0 Å². The van der Waals surface area contributed by atoms with Crippen LogP contribution in [0, 0.1) is 0 Å². The van der Waals surface area contributed by atoms with Crippen LogP contribution in [0.5, 0.6) is 0 Å². The zero-order valence-corrected chi connectivity index (χ0v) is 14.1. The standard InChI is InChI=1S/C19H13ClN2O4/c20-17-9-6-13(11-21-17)18(23)22-15(19(24)25)10-14-7-8-16(26-14)12-4-2-1-3-5-12/h1-11H,(H,22,23)(H,24,25)/b15-10+. The minimum atomic E-state index is -1.29. The summed E-state index contributed by atoms with van der Waals surface area (Å²) in [5.74, 6) is -1.01. The van der Waals surface area contributed by atoms with Crippen LogP contribution < -0.4 is 5.32 Å². The van der Waals surface area contributed by atoms with Crippen molar-refractivity contribution in [2.24, 2.45) is 0 Å². The molecular weight excluding hydrogens is 356 g/mol. The zero-order valence-electron chi connectivity index (χ0n) is 13.3. The number of nitrogens with zero attached hydrogens (tertiary/aromatic N) is 1. The molecule has 0 saturated carbocycles. The molecule has 0 spiro atoms. The second-order valence-corrected chi connectivity index (χ2v) is 5.64. The molecule has 7 heteroatoms. The number of rotatable bonds is 5. The number of hydrogen-bond donors (Lipinski definition) is 2. The van der Waals surface area contributed by atoms with Crippen LogP contribution in [0.15, 0.2) is 70.9 Å². The number of furan rings is 1.